The van der Waals surface area contributed by atoms with Crippen LogP contribution in [0.15, 0.2) is 42.5 Å². The predicted octanol–water partition coefficient (Wildman–Crippen LogP) is 4.11. The summed E-state index contributed by atoms with van der Waals surface area (Å²) in [7, 11) is 0. The van der Waals surface area contributed by atoms with Crippen molar-refractivity contribution in [1.82, 2.24) is 0 Å². The number of ether oxygens (including phenoxy) is 1. The lowest BCUT2D eigenvalue weighted by Gasteiger charge is -2.30. The highest BCUT2D eigenvalue weighted by Crippen LogP contribution is 2.36. The molecule has 2 nitrogen and oxygen atoms in total. The standard InChI is InChI=1S/C17H17ClO2/c1-11(19)12-6-7-17(16(18)9-12)20-10-14-8-13-4-2-3-5-15(13)14/h2-7,9,11,14,19H,8,10H2,1H3. The number of benzene rings is 2. The molecule has 2 aromatic rings. The average Bonchev–Trinajstić information content (AvgIpc) is 2.41. The number of aliphatic hydroxyl groups excluding tert-OH is 1. The predicted molar refractivity (Wildman–Crippen MR) is 80.5 cm³/mol. The molecule has 0 fully saturated rings. The minimum atomic E-state index is -0.514. The summed E-state index contributed by atoms with van der Waals surface area (Å²) >= 11 is 6.18. The Labute approximate surface area is 124 Å². The summed E-state index contributed by atoms with van der Waals surface area (Å²) in [5, 5.41) is 10.1. The van der Waals surface area contributed by atoms with E-state index >= 15 is 0 Å². The Hall–Kier alpha value is -1.51. The molecule has 0 aromatic heterocycles. The van der Waals surface area contributed by atoms with E-state index in [1.54, 1.807) is 13.0 Å². The third kappa shape index (κ3) is 2.54. The minimum absolute atomic E-state index is 0.457. The van der Waals surface area contributed by atoms with Crippen LogP contribution in [0.3, 0.4) is 0 Å². The van der Waals surface area contributed by atoms with Crippen LogP contribution in [0.4, 0.5) is 0 Å². The number of fused-ring (bicyclic) bond motifs is 1. The molecule has 0 radical (unpaired) electrons. The van der Waals surface area contributed by atoms with Crippen LogP contribution in [0, 0.1) is 0 Å². The first-order valence-corrected chi connectivity index (χ1v) is 7.21. The van der Waals surface area contributed by atoms with Crippen molar-refractivity contribution in [3.8, 4) is 5.75 Å². The van der Waals surface area contributed by atoms with Gasteiger partial charge in [0.05, 0.1) is 17.7 Å². The number of rotatable bonds is 4. The van der Waals surface area contributed by atoms with Gasteiger partial charge in [0, 0.05) is 5.92 Å². The number of aliphatic hydroxyl groups is 1. The van der Waals surface area contributed by atoms with Crippen LogP contribution in [0.2, 0.25) is 5.02 Å². The Morgan fingerprint density at radius 3 is 2.80 bits per heavy atom. The van der Waals surface area contributed by atoms with Crippen LogP contribution in [0.5, 0.6) is 5.75 Å². The van der Waals surface area contributed by atoms with Crippen LogP contribution >= 0.6 is 11.6 Å². The molecule has 3 rings (SSSR count). The zero-order chi connectivity index (χ0) is 14.1. The van der Waals surface area contributed by atoms with Gasteiger partial charge in [0.15, 0.2) is 0 Å². The van der Waals surface area contributed by atoms with Crippen molar-refractivity contribution in [2.75, 3.05) is 6.61 Å². The van der Waals surface area contributed by atoms with E-state index in [0.717, 1.165) is 12.0 Å². The molecule has 0 heterocycles. The summed E-state index contributed by atoms with van der Waals surface area (Å²) in [6.07, 6.45) is 0.555. The van der Waals surface area contributed by atoms with Gasteiger partial charge in [-0.2, -0.15) is 0 Å². The van der Waals surface area contributed by atoms with Crippen LogP contribution < -0.4 is 4.74 Å². The fourth-order valence-corrected chi connectivity index (χ4v) is 2.84. The van der Waals surface area contributed by atoms with Crippen LogP contribution in [0.1, 0.15) is 35.6 Å². The molecular formula is C17H17ClO2. The number of hydrogen-bond donors (Lipinski definition) is 1. The topological polar surface area (TPSA) is 29.5 Å². The lowest BCUT2D eigenvalue weighted by atomic mass is 9.78. The van der Waals surface area contributed by atoms with E-state index in [0.29, 0.717) is 23.3 Å². The molecular weight excluding hydrogens is 272 g/mol. The molecule has 1 N–H and O–H groups in total. The number of hydrogen-bond acceptors (Lipinski definition) is 2. The van der Waals surface area contributed by atoms with Gasteiger partial charge in [0.1, 0.15) is 5.75 Å². The molecule has 0 spiro atoms. The monoisotopic (exact) mass is 288 g/mol. The lowest BCUT2D eigenvalue weighted by Crippen LogP contribution is -2.23. The zero-order valence-corrected chi connectivity index (χ0v) is 12.1. The maximum atomic E-state index is 9.51. The van der Waals surface area contributed by atoms with E-state index < -0.39 is 6.10 Å². The first-order valence-electron chi connectivity index (χ1n) is 6.83. The van der Waals surface area contributed by atoms with Gasteiger partial charge in [0.2, 0.25) is 0 Å². The van der Waals surface area contributed by atoms with E-state index in [2.05, 4.69) is 24.3 Å². The Bertz CT molecular complexity index is 622. The molecule has 1 aliphatic carbocycles. The van der Waals surface area contributed by atoms with Gasteiger partial charge in [-0.05, 0) is 42.2 Å². The third-order valence-corrected chi connectivity index (χ3v) is 4.13. The van der Waals surface area contributed by atoms with Gasteiger partial charge in [-0.1, -0.05) is 41.9 Å². The van der Waals surface area contributed by atoms with Crippen molar-refractivity contribution in [2.45, 2.75) is 25.4 Å². The van der Waals surface area contributed by atoms with Crippen LogP contribution in [-0.2, 0) is 6.42 Å². The Morgan fingerprint density at radius 2 is 2.10 bits per heavy atom. The quantitative estimate of drug-likeness (QED) is 0.917. The van der Waals surface area contributed by atoms with Gasteiger partial charge >= 0.3 is 0 Å². The molecule has 0 saturated carbocycles. The Balaban J connectivity index is 1.65. The first-order chi connectivity index (χ1) is 9.65. The fourth-order valence-electron chi connectivity index (χ4n) is 2.60. The van der Waals surface area contributed by atoms with E-state index in [-0.39, 0.29) is 0 Å². The van der Waals surface area contributed by atoms with Crippen molar-refractivity contribution < 1.29 is 9.84 Å². The van der Waals surface area contributed by atoms with Crippen molar-refractivity contribution >= 4 is 11.6 Å². The van der Waals surface area contributed by atoms with E-state index in [1.807, 2.05) is 12.1 Å². The molecule has 2 atom stereocenters. The van der Waals surface area contributed by atoms with Gasteiger partial charge in [-0.15, -0.1) is 0 Å². The highest BCUT2D eigenvalue weighted by Gasteiger charge is 2.26. The summed E-state index contributed by atoms with van der Waals surface area (Å²) < 4.78 is 5.82. The van der Waals surface area contributed by atoms with Crippen molar-refractivity contribution in [3.05, 3.63) is 64.2 Å². The molecule has 2 unspecified atom stereocenters. The molecule has 0 bridgehead atoms. The Morgan fingerprint density at radius 1 is 1.30 bits per heavy atom. The summed E-state index contributed by atoms with van der Waals surface area (Å²) in [5.74, 6) is 1.14. The van der Waals surface area contributed by atoms with Crippen molar-refractivity contribution in [1.29, 1.82) is 0 Å². The van der Waals surface area contributed by atoms with Crippen molar-refractivity contribution in [3.63, 3.8) is 0 Å². The van der Waals surface area contributed by atoms with Gasteiger partial charge in [-0.25, -0.2) is 0 Å². The van der Waals surface area contributed by atoms with Gasteiger partial charge in [0.25, 0.3) is 0 Å². The molecule has 1 aliphatic rings. The van der Waals surface area contributed by atoms with E-state index in [4.69, 9.17) is 16.3 Å². The molecule has 2 aromatic carbocycles. The summed E-state index contributed by atoms with van der Waals surface area (Å²) in [4.78, 5) is 0. The van der Waals surface area contributed by atoms with Crippen LogP contribution in [-0.4, -0.2) is 11.7 Å². The first kappa shape index (κ1) is 13.5. The second-order valence-electron chi connectivity index (χ2n) is 5.28. The second kappa shape index (κ2) is 5.47. The molecule has 3 heteroatoms. The molecule has 0 aliphatic heterocycles. The molecule has 0 amide bonds. The lowest BCUT2D eigenvalue weighted by molar-refractivity contribution is 0.199. The van der Waals surface area contributed by atoms with Gasteiger partial charge in [-0.3, -0.25) is 0 Å². The molecule has 0 saturated heterocycles. The maximum Gasteiger partial charge on any atom is 0.137 e. The highest BCUT2D eigenvalue weighted by atomic mass is 35.5. The zero-order valence-electron chi connectivity index (χ0n) is 11.3. The molecule has 104 valence electrons. The highest BCUT2D eigenvalue weighted by molar-refractivity contribution is 6.32. The van der Waals surface area contributed by atoms with E-state index in [1.165, 1.54) is 11.1 Å². The summed E-state index contributed by atoms with van der Waals surface area (Å²) in [6.45, 7) is 2.36. The third-order valence-electron chi connectivity index (χ3n) is 3.84. The fraction of sp³-hybridized carbons (Fsp3) is 0.294. The Kier molecular flexibility index (Phi) is 3.68. The second-order valence-corrected chi connectivity index (χ2v) is 5.68. The van der Waals surface area contributed by atoms with Gasteiger partial charge < -0.3 is 9.84 Å². The summed E-state index contributed by atoms with van der Waals surface area (Å²) in [5.41, 5.74) is 3.59. The normalized spacial score (nSPS) is 18.1. The average molecular weight is 289 g/mol. The largest absolute Gasteiger partial charge is 0.491 e. The minimum Gasteiger partial charge on any atom is -0.491 e. The molecule has 20 heavy (non-hydrogen) atoms. The smallest absolute Gasteiger partial charge is 0.137 e. The SMILES string of the molecule is CC(O)c1ccc(OCC2Cc3ccccc32)c(Cl)c1. The maximum absolute atomic E-state index is 9.51. The summed E-state index contributed by atoms with van der Waals surface area (Å²) in [6, 6.07) is 13.9. The number of halogens is 1. The van der Waals surface area contributed by atoms with E-state index in [9.17, 15) is 5.11 Å². The van der Waals surface area contributed by atoms with Crippen molar-refractivity contribution in [2.24, 2.45) is 0 Å². The van der Waals surface area contributed by atoms with Crippen LogP contribution in [0.25, 0.3) is 0 Å².